The number of allylic oxidation sites excluding steroid dienone is 4. The molecule has 0 spiro atoms. The van der Waals surface area contributed by atoms with Crippen LogP contribution in [0.25, 0.3) is 0 Å². The minimum atomic E-state index is 0.196. The van der Waals surface area contributed by atoms with E-state index in [-0.39, 0.29) is 10.8 Å². The van der Waals surface area contributed by atoms with Gasteiger partial charge in [-0.2, -0.15) is 0 Å². The van der Waals surface area contributed by atoms with Crippen LogP contribution in [0.15, 0.2) is 22.3 Å². The second kappa shape index (κ2) is 5.16. The predicted molar refractivity (Wildman–Crippen MR) is 85.7 cm³/mol. The molecule has 2 aliphatic carbocycles. The van der Waals surface area contributed by atoms with Crippen molar-refractivity contribution in [2.75, 3.05) is 0 Å². The molecule has 0 aromatic heterocycles. The zero-order valence-electron chi connectivity index (χ0n) is 14.2. The first kappa shape index (κ1) is 15.5. The molecule has 0 heterocycles. The van der Waals surface area contributed by atoms with Gasteiger partial charge in [-0.1, -0.05) is 38.8 Å². The molecule has 0 aromatic carbocycles. The Balaban J connectivity index is 2.42. The van der Waals surface area contributed by atoms with Gasteiger partial charge in [0.15, 0.2) is 5.78 Å². The number of ketones is 1. The third-order valence-electron chi connectivity index (χ3n) is 5.94. The van der Waals surface area contributed by atoms with Crippen LogP contribution in [-0.2, 0) is 4.79 Å². The summed E-state index contributed by atoms with van der Waals surface area (Å²) in [5.74, 6) is 0.362. The van der Waals surface area contributed by atoms with Crippen LogP contribution < -0.4 is 0 Å². The van der Waals surface area contributed by atoms with Crippen LogP contribution in [0.3, 0.4) is 0 Å². The van der Waals surface area contributed by atoms with Gasteiger partial charge in [-0.05, 0) is 74.3 Å². The number of hydrogen-bond donors (Lipinski definition) is 0. The van der Waals surface area contributed by atoms with E-state index in [4.69, 9.17) is 0 Å². The van der Waals surface area contributed by atoms with E-state index in [0.29, 0.717) is 5.78 Å². The molecule has 1 nitrogen and oxygen atoms in total. The summed E-state index contributed by atoms with van der Waals surface area (Å²) in [5.41, 5.74) is 5.29. The summed E-state index contributed by atoms with van der Waals surface area (Å²) in [6.07, 6.45) is 6.68. The molecular formula is C19H30O. The molecule has 0 radical (unpaired) electrons. The first-order valence-electron chi connectivity index (χ1n) is 8.12. The van der Waals surface area contributed by atoms with E-state index in [1.54, 1.807) is 0 Å². The van der Waals surface area contributed by atoms with Crippen molar-refractivity contribution >= 4 is 5.78 Å². The van der Waals surface area contributed by atoms with Crippen molar-refractivity contribution in [3.05, 3.63) is 22.3 Å². The van der Waals surface area contributed by atoms with Gasteiger partial charge in [-0.3, -0.25) is 4.79 Å². The molecule has 0 fully saturated rings. The zero-order chi connectivity index (χ0) is 15.1. The maximum absolute atomic E-state index is 13.0. The molecule has 2 rings (SSSR count). The summed E-state index contributed by atoms with van der Waals surface area (Å²) in [4.78, 5) is 13.0. The molecule has 0 amide bonds. The molecule has 0 unspecified atom stereocenters. The van der Waals surface area contributed by atoms with E-state index in [2.05, 4.69) is 41.5 Å². The zero-order valence-corrected chi connectivity index (χ0v) is 14.2. The fourth-order valence-electron chi connectivity index (χ4n) is 3.73. The van der Waals surface area contributed by atoms with Crippen LogP contribution in [0, 0.1) is 10.8 Å². The number of carbonyl (C=O) groups excluding carboxylic acids is 1. The van der Waals surface area contributed by atoms with Gasteiger partial charge >= 0.3 is 0 Å². The van der Waals surface area contributed by atoms with Gasteiger partial charge in [0.2, 0.25) is 0 Å². The van der Waals surface area contributed by atoms with Crippen LogP contribution in [0.1, 0.15) is 80.1 Å². The lowest BCUT2D eigenvalue weighted by atomic mass is 9.68. The summed E-state index contributed by atoms with van der Waals surface area (Å²) in [6, 6.07) is 0. The molecule has 0 saturated carbocycles. The molecule has 0 saturated heterocycles. The summed E-state index contributed by atoms with van der Waals surface area (Å²) in [6.45, 7) is 13.5. The number of carbonyl (C=O) groups is 1. The van der Waals surface area contributed by atoms with Gasteiger partial charge in [0.05, 0.1) is 0 Å². The lowest BCUT2D eigenvalue weighted by molar-refractivity contribution is -0.113. The van der Waals surface area contributed by atoms with E-state index >= 15 is 0 Å². The van der Waals surface area contributed by atoms with E-state index < -0.39 is 0 Å². The summed E-state index contributed by atoms with van der Waals surface area (Å²) in [5, 5.41) is 0. The van der Waals surface area contributed by atoms with Crippen LogP contribution in [0.4, 0.5) is 0 Å². The summed E-state index contributed by atoms with van der Waals surface area (Å²) < 4.78 is 0. The third kappa shape index (κ3) is 2.64. The smallest absolute Gasteiger partial charge is 0.184 e. The van der Waals surface area contributed by atoms with Crippen molar-refractivity contribution in [3.63, 3.8) is 0 Å². The molecule has 0 N–H and O–H groups in total. The minimum absolute atomic E-state index is 0.196. The largest absolute Gasteiger partial charge is 0.289 e. The van der Waals surface area contributed by atoms with Gasteiger partial charge in [0.25, 0.3) is 0 Å². The lowest BCUT2D eigenvalue weighted by Gasteiger charge is -2.36. The highest BCUT2D eigenvalue weighted by Crippen LogP contribution is 2.44. The molecule has 0 aliphatic heterocycles. The van der Waals surface area contributed by atoms with E-state index in [0.717, 1.165) is 36.8 Å². The summed E-state index contributed by atoms with van der Waals surface area (Å²) >= 11 is 0. The molecule has 0 bridgehead atoms. The average Bonchev–Trinajstić information content (AvgIpc) is 2.35. The fraction of sp³-hybridized carbons (Fsp3) is 0.737. The Morgan fingerprint density at radius 3 is 1.50 bits per heavy atom. The summed E-state index contributed by atoms with van der Waals surface area (Å²) in [7, 11) is 0. The number of Topliss-reactive ketones (excluding diaryl/α,β-unsaturated/α-hetero) is 1. The van der Waals surface area contributed by atoms with E-state index in [1.807, 2.05) is 0 Å². The molecular weight excluding hydrogens is 244 g/mol. The van der Waals surface area contributed by atoms with Crippen LogP contribution in [0.2, 0.25) is 0 Å². The lowest BCUT2D eigenvalue weighted by Crippen LogP contribution is -2.27. The quantitative estimate of drug-likeness (QED) is 0.639. The highest BCUT2D eigenvalue weighted by atomic mass is 16.1. The highest BCUT2D eigenvalue weighted by molar-refractivity contribution is 6.09. The van der Waals surface area contributed by atoms with Gasteiger partial charge in [0.1, 0.15) is 0 Å². The van der Waals surface area contributed by atoms with Crippen molar-refractivity contribution in [2.24, 2.45) is 10.8 Å². The Labute approximate surface area is 124 Å². The number of rotatable bonds is 2. The average molecular weight is 274 g/mol. The first-order valence-corrected chi connectivity index (χ1v) is 8.12. The Kier molecular flexibility index (Phi) is 4.01. The standard InChI is InChI=1S/C19H30O/c1-13-15(9-7-11-18(13,3)4)17(20)16-10-8-12-19(5,6)14(16)2/h7-12H2,1-6H3. The highest BCUT2D eigenvalue weighted by Gasteiger charge is 2.34. The Bertz CT molecular complexity index is 442. The molecule has 1 heteroatoms. The van der Waals surface area contributed by atoms with Crippen LogP contribution >= 0.6 is 0 Å². The monoisotopic (exact) mass is 274 g/mol. The third-order valence-corrected chi connectivity index (χ3v) is 5.94. The van der Waals surface area contributed by atoms with Crippen LogP contribution in [-0.4, -0.2) is 5.78 Å². The maximum Gasteiger partial charge on any atom is 0.184 e. The maximum atomic E-state index is 13.0. The first-order chi connectivity index (χ1) is 9.17. The van der Waals surface area contributed by atoms with Gasteiger partial charge in [-0.15, -0.1) is 0 Å². The van der Waals surface area contributed by atoms with Crippen molar-refractivity contribution in [1.29, 1.82) is 0 Å². The van der Waals surface area contributed by atoms with Crippen molar-refractivity contribution in [3.8, 4) is 0 Å². The second-order valence-corrected chi connectivity index (χ2v) is 8.01. The van der Waals surface area contributed by atoms with Crippen molar-refractivity contribution in [2.45, 2.75) is 80.1 Å². The number of hydrogen-bond acceptors (Lipinski definition) is 1. The Hall–Kier alpha value is -0.850. The van der Waals surface area contributed by atoms with Gasteiger partial charge in [0, 0.05) is 0 Å². The second-order valence-electron chi connectivity index (χ2n) is 8.01. The predicted octanol–water partition coefficient (Wildman–Crippen LogP) is 5.61. The molecule has 2 aliphatic rings. The van der Waals surface area contributed by atoms with Gasteiger partial charge < -0.3 is 0 Å². The van der Waals surface area contributed by atoms with E-state index in [1.165, 1.54) is 24.0 Å². The molecule has 20 heavy (non-hydrogen) atoms. The van der Waals surface area contributed by atoms with Crippen molar-refractivity contribution < 1.29 is 4.79 Å². The molecule has 0 atom stereocenters. The van der Waals surface area contributed by atoms with Crippen LogP contribution in [0.5, 0.6) is 0 Å². The Morgan fingerprint density at radius 2 is 1.15 bits per heavy atom. The normalized spacial score (nSPS) is 25.9. The molecule has 112 valence electrons. The van der Waals surface area contributed by atoms with Gasteiger partial charge in [-0.25, -0.2) is 0 Å². The van der Waals surface area contributed by atoms with E-state index in [9.17, 15) is 4.79 Å². The minimum Gasteiger partial charge on any atom is -0.289 e. The van der Waals surface area contributed by atoms with Crippen molar-refractivity contribution in [1.82, 2.24) is 0 Å². The fourth-order valence-corrected chi connectivity index (χ4v) is 3.73. The Morgan fingerprint density at radius 1 is 0.800 bits per heavy atom. The topological polar surface area (TPSA) is 17.1 Å². The molecule has 0 aromatic rings. The SMILES string of the molecule is CC1=C(C(=O)C2=C(C)C(C)(C)CCC2)CCCC1(C)C.